The van der Waals surface area contributed by atoms with Crippen LogP contribution in [-0.4, -0.2) is 23.1 Å². The molecule has 0 aliphatic carbocycles. The minimum Gasteiger partial charge on any atom is -1.00 e. The van der Waals surface area contributed by atoms with Gasteiger partial charge in [-0.25, -0.2) is 0 Å². The minimum absolute atomic E-state index is 0. The van der Waals surface area contributed by atoms with Crippen molar-refractivity contribution in [1.29, 1.82) is 0 Å². The Kier molecular flexibility index (Phi) is 792. The maximum atomic E-state index is 0. The van der Waals surface area contributed by atoms with Gasteiger partial charge in [0.25, 0.3) is 0 Å². The summed E-state index contributed by atoms with van der Waals surface area (Å²) in [6, 6.07) is 0. The zero-order valence-corrected chi connectivity index (χ0v) is 10.2. The van der Waals surface area contributed by atoms with Gasteiger partial charge in [0.2, 0.25) is 0 Å². The van der Waals surface area contributed by atoms with Gasteiger partial charge < -0.3 is 44.6 Å². The summed E-state index contributed by atoms with van der Waals surface area (Å²) in [6.07, 6.45) is 0. The van der Waals surface area contributed by atoms with Gasteiger partial charge in [-0.05, 0) is 0 Å². The van der Waals surface area contributed by atoms with E-state index in [1.807, 2.05) is 0 Å². The number of halogens is 3. The third-order valence-electron chi connectivity index (χ3n) is 0. The van der Waals surface area contributed by atoms with E-state index in [9.17, 15) is 0 Å². The zero-order chi connectivity index (χ0) is 0. The molecular formula is CH3Cl3MgZn. The largest absolute Gasteiger partial charge is 2.00 e. The zero-order valence-electron chi connectivity index (χ0n) is 3.55. The van der Waals surface area contributed by atoms with Crippen molar-refractivity contribution in [3.8, 4) is 0 Å². The first-order valence-corrected chi connectivity index (χ1v) is 0. The van der Waals surface area contributed by atoms with Crippen LogP contribution in [0.25, 0.3) is 0 Å². The van der Waals surface area contributed by atoms with Crippen molar-refractivity contribution in [3.05, 3.63) is 7.43 Å². The van der Waals surface area contributed by atoms with Crippen LogP contribution < -0.4 is 37.2 Å². The molecule has 0 aromatic heterocycles. The first-order valence-electron chi connectivity index (χ1n) is 0. The SMILES string of the molecule is [CH3-].[Cl-].[Cl-].[Cl-].[Mg+2].[Zn+2]. The number of hydrogen-bond donors (Lipinski definition) is 0. The molecule has 32 valence electrons. The monoisotopic (exact) mass is 208 g/mol. The molecule has 0 spiro atoms. The van der Waals surface area contributed by atoms with Gasteiger partial charge in [-0.15, -0.1) is 0 Å². The summed E-state index contributed by atoms with van der Waals surface area (Å²) in [6.45, 7) is 0. The van der Waals surface area contributed by atoms with E-state index in [1.165, 1.54) is 0 Å². The average Bonchev–Trinajstić information content (AvgIpc) is 0. The fraction of sp³-hybridized carbons (Fsp3) is 0. The van der Waals surface area contributed by atoms with Crippen molar-refractivity contribution in [2.24, 2.45) is 0 Å². The molecule has 0 fully saturated rings. The van der Waals surface area contributed by atoms with Crippen molar-refractivity contribution >= 4 is 23.1 Å². The van der Waals surface area contributed by atoms with E-state index >= 15 is 0 Å². The molecule has 0 N–H and O–H groups in total. The Morgan fingerprint density at radius 3 is 0.667 bits per heavy atom. The summed E-state index contributed by atoms with van der Waals surface area (Å²) >= 11 is 0. The van der Waals surface area contributed by atoms with E-state index in [4.69, 9.17) is 0 Å². The van der Waals surface area contributed by atoms with Gasteiger partial charge >= 0.3 is 42.5 Å². The maximum Gasteiger partial charge on any atom is 2.00 e. The molecule has 0 saturated heterocycles. The molecule has 0 radical (unpaired) electrons. The summed E-state index contributed by atoms with van der Waals surface area (Å²) in [4.78, 5) is 0. The van der Waals surface area contributed by atoms with Gasteiger partial charge in [0.15, 0.2) is 0 Å². The summed E-state index contributed by atoms with van der Waals surface area (Å²) in [5.74, 6) is 0. The second-order valence-corrected chi connectivity index (χ2v) is 0. The van der Waals surface area contributed by atoms with Crippen LogP contribution in [0.15, 0.2) is 0 Å². The van der Waals surface area contributed by atoms with Crippen molar-refractivity contribution in [2.45, 2.75) is 0 Å². The number of rotatable bonds is 0. The molecule has 5 heteroatoms. The fourth-order valence-electron chi connectivity index (χ4n) is 0. The first kappa shape index (κ1) is 85.3. The van der Waals surface area contributed by atoms with Crippen LogP contribution in [0.1, 0.15) is 0 Å². The predicted molar refractivity (Wildman–Crippen MR) is 12.2 cm³/mol. The van der Waals surface area contributed by atoms with Crippen LogP contribution in [0.5, 0.6) is 0 Å². The van der Waals surface area contributed by atoms with E-state index in [0.717, 1.165) is 0 Å². The molecule has 6 heavy (non-hydrogen) atoms. The molecule has 0 aliphatic heterocycles. The number of hydrogen-bond acceptors (Lipinski definition) is 0. The minimum atomic E-state index is 0. The fourth-order valence-corrected chi connectivity index (χ4v) is 0. The molecule has 0 rings (SSSR count). The van der Waals surface area contributed by atoms with Gasteiger partial charge in [-0.3, -0.25) is 0 Å². The van der Waals surface area contributed by atoms with E-state index in [-0.39, 0.29) is 87.2 Å². The molecule has 0 heterocycles. The Morgan fingerprint density at radius 2 is 0.667 bits per heavy atom. The van der Waals surface area contributed by atoms with Crippen LogP contribution in [0.3, 0.4) is 0 Å². The molecule has 0 nitrogen and oxygen atoms in total. The van der Waals surface area contributed by atoms with Crippen molar-refractivity contribution < 1.29 is 56.7 Å². The third-order valence-corrected chi connectivity index (χ3v) is 0. The Labute approximate surface area is 86.4 Å². The predicted octanol–water partition coefficient (Wildman–Crippen LogP) is -8.92. The molecule has 0 atom stereocenters. The molecule has 0 aromatic carbocycles. The van der Waals surface area contributed by atoms with Crippen LogP contribution in [0.4, 0.5) is 0 Å². The third kappa shape index (κ3) is 33.9. The van der Waals surface area contributed by atoms with E-state index in [2.05, 4.69) is 0 Å². The van der Waals surface area contributed by atoms with E-state index in [0.29, 0.717) is 0 Å². The molecule has 0 amide bonds. The van der Waals surface area contributed by atoms with Crippen LogP contribution >= 0.6 is 0 Å². The topological polar surface area (TPSA) is 0 Å². The van der Waals surface area contributed by atoms with Gasteiger partial charge in [0.05, 0.1) is 0 Å². The smallest absolute Gasteiger partial charge is 1.00 e. The Morgan fingerprint density at radius 1 is 0.667 bits per heavy atom. The van der Waals surface area contributed by atoms with Crippen molar-refractivity contribution in [2.75, 3.05) is 0 Å². The summed E-state index contributed by atoms with van der Waals surface area (Å²) < 4.78 is 0. The quantitative estimate of drug-likeness (QED) is 0.276. The van der Waals surface area contributed by atoms with Crippen LogP contribution in [0, 0.1) is 7.43 Å². The first-order chi connectivity index (χ1) is 0. The second kappa shape index (κ2) is 55.7. The molecule has 0 aromatic rings. The van der Waals surface area contributed by atoms with Crippen LogP contribution in [-0.2, 0) is 19.5 Å². The Hall–Kier alpha value is 2.26. The molecule has 0 bridgehead atoms. The van der Waals surface area contributed by atoms with Gasteiger partial charge in [0.1, 0.15) is 0 Å². The average molecular weight is 211 g/mol. The Bertz CT molecular complexity index is 10.8. The molecular weight excluding hydrogens is 208 g/mol. The second-order valence-electron chi connectivity index (χ2n) is 0. The molecule has 0 unspecified atom stereocenters. The summed E-state index contributed by atoms with van der Waals surface area (Å²) in [5, 5.41) is 0. The van der Waals surface area contributed by atoms with Crippen molar-refractivity contribution in [1.82, 2.24) is 0 Å². The maximum absolute atomic E-state index is 0. The van der Waals surface area contributed by atoms with E-state index < -0.39 is 0 Å². The normalized spacial score (nSPS) is 0. The molecule has 0 saturated carbocycles. The molecule has 0 aliphatic rings. The summed E-state index contributed by atoms with van der Waals surface area (Å²) in [5.41, 5.74) is 0. The van der Waals surface area contributed by atoms with Gasteiger partial charge in [-0.1, -0.05) is 0 Å². The standard InChI is InChI=1S/CH3.3ClH.Mg.Zn/h1H3;3*1H;;/q-1;;;;2*+2/p-3. The van der Waals surface area contributed by atoms with Gasteiger partial charge in [-0.2, -0.15) is 0 Å². The van der Waals surface area contributed by atoms with Crippen molar-refractivity contribution in [3.63, 3.8) is 0 Å². The van der Waals surface area contributed by atoms with Crippen LogP contribution in [0.2, 0.25) is 0 Å². The van der Waals surface area contributed by atoms with E-state index in [1.54, 1.807) is 0 Å². The summed E-state index contributed by atoms with van der Waals surface area (Å²) in [7, 11) is 0. The van der Waals surface area contributed by atoms with Gasteiger partial charge in [0, 0.05) is 0 Å². The Balaban J connectivity index is 0.